The molecule has 0 spiro atoms. The van der Waals surface area contributed by atoms with E-state index in [1.54, 1.807) is 19.3 Å². The van der Waals surface area contributed by atoms with Crippen LogP contribution in [0, 0.1) is 13.8 Å². The van der Waals surface area contributed by atoms with Crippen LogP contribution in [-0.2, 0) is 12.8 Å². The molecule has 7 nitrogen and oxygen atoms in total. The number of nitrogens with zero attached hydrogens (tertiary/aromatic N) is 3. The summed E-state index contributed by atoms with van der Waals surface area (Å²) in [6.07, 6.45) is 4.73. The number of urea groups is 1. The van der Waals surface area contributed by atoms with E-state index in [0.29, 0.717) is 30.8 Å². The number of anilines is 1. The van der Waals surface area contributed by atoms with Gasteiger partial charge in [-0.1, -0.05) is 12.1 Å². The Bertz CT molecular complexity index is 624. The number of aromatic nitrogens is 3. The molecule has 0 aromatic carbocycles. The second-order valence-electron chi connectivity index (χ2n) is 4.70. The molecular weight excluding hydrogens is 270 g/mol. The maximum Gasteiger partial charge on any atom is 0.319 e. The van der Waals surface area contributed by atoms with Crippen LogP contribution in [0.15, 0.2) is 16.9 Å². The summed E-state index contributed by atoms with van der Waals surface area (Å²) in [5.74, 6) is 0.603. The molecule has 2 aromatic heterocycles. The van der Waals surface area contributed by atoms with Crippen molar-refractivity contribution >= 4 is 11.7 Å². The topological polar surface area (TPSA) is 92.9 Å². The average Bonchev–Trinajstić information content (AvgIpc) is 2.80. The molecule has 2 heterocycles. The van der Waals surface area contributed by atoms with Gasteiger partial charge in [-0.15, -0.1) is 0 Å². The number of hydrogen-bond acceptors (Lipinski definition) is 5. The van der Waals surface area contributed by atoms with Gasteiger partial charge >= 0.3 is 6.03 Å². The van der Waals surface area contributed by atoms with Crippen molar-refractivity contribution in [3.8, 4) is 0 Å². The van der Waals surface area contributed by atoms with Gasteiger partial charge in [0, 0.05) is 25.4 Å². The van der Waals surface area contributed by atoms with Gasteiger partial charge in [-0.2, -0.15) is 0 Å². The van der Waals surface area contributed by atoms with E-state index in [0.717, 1.165) is 17.1 Å². The summed E-state index contributed by atoms with van der Waals surface area (Å²) in [7, 11) is 0. The van der Waals surface area contributed by atoms with Crippen LogP contribution < -0.4 is 10.6 Å². The molecule has 0 saturated heterocycles. The lowest BCUT2D eigenvalue weighted by Crippen LogP contribution is -2.31. The normalized spacial score (nSPS) is 10.4. The molecule has 0 bridgehead atoms. The van der Waals surface area contributed by atoms with Crippen LogP contribution in [0.1, 0.15) is 29.8 Å². The van der Waals surface area contributed by atoms with Crippen LogP contribution >= 0.6 is 0 Å². The smallest absolute Gasteiger partial charge is 0.319 e. The van der Waals surface area contributed by atoms with Crippen molar-refractivity contribution in [2.75, 3.05) is 11.9 Å². The zero-order chi connectivity index (χ0) is 15.2. The third-order valence-electron chi connectivity index (χ3n) is 2.98. The molecule has 0 saturated carbocycles. The second-order valence-corrected chi connectivity index (χ2v) is 4.70. The quantitative estimate of drug-likeness (QED) is 0.878. The molecular formula is C14H19N5O2. The molecule has 0 aliphatic rings. The minimum absolute atomic E-state index is 0.281. The van der Waals surface area contributed by atoms with Crippen molar-refractivity contribution in [2.45, 2.75) is 33.6 Å². The molecule has 0 aliphatic heterocycles. The Labute approximate surface area is 123 Å². The third-order valence-corrected chi connectivity index (χ3v) is 2.98. The first kappa shape index (κ1) is 15.0. The van der Waals surface area contributed by atoms with Gasteiger partial charge in [-0.05, 0) is 20.3 Å². The first-order valence-electron chi connectivity index (χ1n) is 6.87. The number of nitrogens with one attached hydrogen (secondary N) is 2. The number of hydrogen-bond donors (Lipinski definition) is 2. The molecule has 0 unspecified atom stereocenters. The van der Waals surface area contributed by atoms with Gasteiger partial charge < -0.3 is 15.2 Å². The zero-order valence-corrected chi connectivity index (χ0v) is 12.4. The molecule has 0 atom stereocenters. The van der Waals surface area contributed by atoms with Gasteiger partial charge in [0.25, 0.3) is 0 Å². The minimum Gasteiger partial charge on any atom is -0.359 e. The monoisotopic (exact) mass is 289 g/mol. The molecule has 21 heavy (non-hydrogen) atoms. The summed E-state index contributed by atoms with van der Waals surface area (Å²) in [4.78, 5) is 20.3. The average molecular weight is 289 g/mol. The van der Waals surface area contributed by atoms with E-state index in [2.05, 4.69) is 25.8 Å². The number of amides is 2. The Hall–Kier alpha value is -2.44. The highest BCUT2D eigenvalue weighted by atomic mass is 16.5. The highest BCUT2D eigenvalue weighted by molar-refractivity contribution is 5.90. The molecule has 0 aliphatic carbocycles. The predicted molar refractivity (Wildman–Crippen MR) is 78.1 cm³/mol. The SMILES string of the molecule is CCc1noc(C)c1NC(=O)NCCc1cncc(C)n1. The van der Waals surface area contributed by atoms with E-state index in [1.807, 2.05) is 13.8 Å². The van der Waals surface area contributed by atoms with Crippen LogP contribution in [0.2, 0.25) is 0 Å². The van der Waals surface area contributed by atoms with Crippen LogP contribution in [0.25, 0.3) is 0 Å². The van der Waals surface area contributed by atoms with Gasteiger partial charge in [0.15, 0.2) is 5.76 Å². The first-order chi connectivity index (χ1) is 10.1. The molecule has 7 heteroatoms. The largest absolute Gasteiger partial charge is 0.359 e. The highest BCUT2D eigenvalue weighted by Gasteiger charge is 2.13. The van der Waals surface area contributed by atoms with Gasteiger partial charge in [0.2, 0.25) is 0 Å². The summed E-state index contributed by atoms with van der Waals surface area (Å²) in [5, 5.41) is 9.43. The summed E-state index contributed by atoms with van der Waals surface area (Å²) in [6.45, 7) is 6.09. The van der Waals surface area contributed by atoms with Gasteiger partial charge in [-0.3, -0.25) is 9.97 Å². The summed E-state index contributed by atoms with van der Waals surface area (Å²) in [6, 6.07) is -0.281. The molecule has 0 radical (unpaired) electrons. The fourth-order valence-corrected chi connectivity index (χ4v) is 1.92. The standard InChI is InChI=1S/C14H19N5O2/c1-4-12-13(10(3)21-19-12)18-14(20)16-6-5-11-8-15-7-9(2)17-11/h7-8H,4-6H2,1-3H3,(H2,16,18,20). The molecule has 2 aromatic rings. The molecule has 0 fully saturated rings. The molecule has 112 valence electrons. The number of aryl methyl sites for hydroxylation is 3. The third kappa shape index (κ3) is 4.01. The van der Waals surface area contributed by atoms with Gasteiger partial charge in [0.1, 0.15) is 11.4 Å². The maximum absolute atomic E-state index is 11.9. The minimum atomic E-state index is -0.281. The lowest BCUT2D eigenvalue weighted by Gasteiger charge is -2.07. The fraction of sp³-hybridized carbons (Fsp3) is 0.429. The van der Waals surface area contributed by atoms with Crippen LogP contribution in [0.4, 0.5) is 10.5 Å². The molecule has 2 amide bonds. The van der Waals surface area contributed by atoms with E-state index < -0.39 is 0 Å². The van der Waals surface area contributed by atoms with E-state index >= 15 is 0 Å². The first-order valence-corrected chi connectivity index (χ1v) is 6.87. The fourth-order valence-electron chi connectivity index (χ4n) is 1.92. The van der Waals surface area contributed by atoms with E-state index in [4.69, 9.17) is 4.52 Å². The summed E-state index contributed by atoms with van der Waals surface area (Å²) >= 11 is 0. The van der Waals surface area contributed by atoms with E-state index in [9.17, 15) is 4.79 Å². The van der Waals surface area contributed by atoms with Crippen molar-refractivity contribution in [3.05, 3.63) is 35.2 Å². The Morgan fingerprint density at radius 1 is 1.33 bits per heavy atom. The summed E-state index contributed by atoms with van der Waals surface area (Å²) in [5.41, 5.74) is 3.10. The lowest BCUT2D eigenvalue weighted by atomic mass is 10.2. The Morgan fingerprint density at radius 2 is 2.14 bits per heavy atom. The van der Waals surface area contributed by atoms with Crippen molar-refractivity contribution in [1.29, 1.82) is 0 Å². The Balaban J connectivity index is 1.84. The molecule has 2 N–H and O–H groups in total. The van der Waals surface area contributed by atoms with Crippen molar-refractivity contribution in [2.24, 2.45) is 0 Å². The predicted octanol–water partition coefficient (Wildman–Crippen LogP) is 2.01. The van der Waals surface area contributed by atoms with Gasteiger partial charge in [-0.25, -0.2) is 4.79 Å². The Kier molecular flexibility index (Phi) is 4.86. The van der Waals surface area contributed by atoms with Crippen LogP contribution in [0.5, 0.6) is 0 Å². The van der Waals surface area contributed by atoms with Crippen molar-refractivity contribution in [3.63, 3.8) is 0 Å². The number of carbonyl (C=O) groups excluding carboxylic acids is 1. The van der Waals surface area contributed by atoms with Crippen molar-refractivity contribution < 1.29 is 9.32 Å². The molecule has 2 rings (SSSR count). The Morgan fingerprint density at radius 3 is 2.86 bits per heavy atom. The summed E-state index contributed by atoms with van der Waals surface area (Å²) < 4.78 is 5.06. The van der Waals surface area contributed by atoms with Gasteiger partial charge in [0.05, 0.1) is 11.4 Å². The lowest BCUT2D eigenvalue weighted by molar-refractivity contribution is 0.252. The van der Waals surface area contributed by atoms with Crippen molar-refractivity contribution in [1.82, 2.24) is 20.4 Å². The maximum atomic E-state index is 11.9. The number of carbonyl (C=O) groups is 1. The zero-order valence-electron chi connectivity index (χ0n) is 12.4. The van der Waals surface area contributed by atoms with Crippen LogP contribution in [0.3, 0.4) is 0 Å². The second kappa shape index (κ2) is 6.83. The highest BCUT2D eigenvalue weighted by Crippen LogP contribution is 2.19. The van der Waals surface area contributed by atoms with E-state index in [-0.39, 0.29) is 6.03 Å². The number of rotatable bonds is 5. The van der Waals surface area contributed by atoms with Crippen LogP contribution in [-0.4, -0.2) is 27.7 Å². The van der Waals surface area contributed by atoms with E-state index in [1.165, 1.54) is 0 Å².